The van der Waals surface area contributed by atoms with E-state index >= 15 is 0 Å². The SMILES string of the molecule is C#Cc1ccc(OC2CCN(S(C)(=O)=O)CC2)c(C2NC(=O)CC(c3cccc(Cl)c3)C23C(=O)Nc2cc(Cl)ccc23)c1. The largest absolute Gasteiger partial charge is 0.490 e. The van der Waals surface area contributed by atoms with Crippen LogP contribution in [0.4, 0.5) is 5.69 Å². The molecule has 2 N–H and O–H groups in total. The molecular weight excluding hydrogens is 609 g/mol. The number of carbonyl (C=O) groups is 2. The van der Waals surface area contributed by atoms with Crippen LogP contribution in [0.3, 0.4) is 0 Å². The van der Waals surface area contributed by atoms with Gasteiger partial charge in [0, 0.05) is 52.3 Å². The minimum Gasteiger partial charge on any atom is -0.490 e. The fourth-order valence-corrected chi connectivity index (χ4v) is 7.95. The maximum absolute atomic E-state index is 14.4. The molecule has 1 spiro atoms. The lowest BCUT2D eigenvalue weighted by atomic mass is 9.59. The molecule has 3 aromatic carbocycles. The number of nitrogens with zero attached hydrogens (tertiary/aromatic N) is 1. The molecular formula is C32H29Cl2N3O5S. The van der Waals surface area contributed by atoms with Crippen molar-refractivity contribution in [2.24, 2.45) is 0 Å². The van der Waals surface area contributed by atoms with E-state index in [4.69, 9.17) is 34.4 Å². The van der Waals surface area contributed by atoms with Crippen LogP contribution in [-0.4, -0.2) is 50.0 Å². The summed E-state index contributed by atoms with van der Waals surface area (Å²) in [5.41, 5.74) is 1.81. The van der Waals surface area contributed by atoms with Gasteiger partial charge in [0.25, 0.3) is 0 Å². The molecule has 2 saturated heterocycles. The van der Waals surface area contributed by atoms with Crippen molar-refractivity contribution < 1.29 is 22.7 Å². The lowest BCUT2D eigenvalue weighted by Gasteiger charge is -2.47. The number of halogens is 2. The van der Waals surface area contributed by atoms with Gasteiger partial charge >= 0.3 is 0 Å². The molecule has 3 heterocycles. The number of terminal acetylenes is 1. The van der Waals surface area contributed by atoms with Crippen LogP contribution in [0.5, 0.6) is 5.75 Å². The summed E-state index contributed by atoms with van der Waals surface area (Å²) in [5.74, 6) is 2.00. The van der Waals surface area contributed by atoms with Gasteiger partial charge in [-0.15, -0.1) is 6.42 Å². The van der Waals surface area contributed by atoms with E-state index < -0.39 is 27.4 Å². The monoisotopic (exact) mass is 637 g/mol. The van der Waals surface area contributed by atoms with Crippen LogP contribution in [0.15, 0.2) is 60.7 Å². The van der Waals surface area contributed by atoms with Gasteiger partial charge in [0.15, 0.2) is 0 Å². The zero-order valence-electron chi connectivity index (χ0n) is 23.3. The quantitative estimate of drug-likeness (QED) is 0.383. The van der Waals surface area contributed by atoms with Gasteiger partial charge in [0.1, 0.15) is 17.3 Å². The van der Waals surface area contributed by atoms with Gasteiger partial charge in [-0.1, -0.05) is 47.3 Å². The Bertz CT molecular complexity index is 1780. The highest BCUT2D eigenvalue weighted by Crippen LogP contribution is 2.58. The number of nitrogens with one attached hydrogen (secondary N) is 2. The molecule has 2 amide bonds. The van der Waals surface area contributed by atoms with E-state index in [-0.39, 0.29) is 24.3 Å². The summed E-state index contributed by atoms with van der Waals surface area (Å²) in [6.07, 6.45) is 7.75. The Balaban J connectivity index is 1.51. The molecule has 0 radical (unpaired) electrons. The molecule has 2 fully saturated rings. The van der Waals surface area contributed by atoms with Crippen LogP contribution in [-0.2, 0) is 25.0 Å². The Morgan fingerprint density at radius 1 is 1.02 bits per heavy atom. The Morgan fingerprint density at radius 2 is 1.77 bits per heavy atom. The summed E-state index contributed by atoms with van der Waals surface area (Å²) in [5, 5.41) is 7.10. The molecule has 8 nitrogen and oxygen atoms in total. The lowest BCUT2D eigenvalue weighted by molar-refractivity contribution is -0.131. The molecule has 0 aliphatic carbocycles. The van der Waals surface area contributed by atoms with Crippen molar-refractivity contribution in [3.63, 3.8) is 0 Å². The number of hydrogen-bond acceptors (Lipinski definition) is 5. The molecule has 3 aromatic rings. The van der Waals surface area contributed by atoms with Crippen molar-refractivity contribution in [2.75, 3.05) is 24.7 Å². The number of piperidine rings is 2. The van der Waals surface area contributed by atoms with Gasteiger partial charge in [-0.2, -0.15) is 0 Å². The first-order valence-electron chi connectivity index (χ1n) is 13.9. The lowest BCUT2D eigenvalue weighted by Crippen LogP contribution is -2.57. The number of sulfonamides is 1. The molecule has 43 heavy (non-hydrogen) atoms. The van der Waals surface area contributed by atoms with Crippen LogP contribution >= 0.6 is 23.2 Å². The third-order valence-electron chi connectivity index (χ3n) is 8.65. The van der Waals surface area contributed by atoms with Crippen molar-refractivity contribution >= 4 is 50.7 Å². The summed E-state index contributed by atoms with van der Waals surface area (Å²) in [4.78, 5) is 27.9. The highest BCUT2D eigenvalue weighted by molar-refractivity contribution is 7.88. The number of rotatable bonds is 5. The molecule has 3 aliphatic rings. The molecule has 3 unspecified atom stereocenters. The average molecular weight is 639 g/mol. The van der Waals surface area contributed by atoms with Gasteiger partial charge in [-0.25, -0.2) is 12.7 Å². The van der Waals surface area contributed by atoms with Gasteiger partial charge < -0.3 is 15.4 Å². The first-order valence-corrected chi connectivity index (χ1v) is 16.5. The van der Waals surface area contributed by atoms with E-state index in [1.54, 1.807) is 48.5 Å². The summed E-state index contributed by atoms with van der Waals surface area (Å²) >= 11 is 12.8. The van der Waals surface area contributed by atoms with E-state index in [1.807, 2.05) is 12.1 Å². The summed E-state index contributed by atoms with van der Waals surface area (Å²) in [7, 11) is -3.31. The van der Waals surface area contributed by atoms with Gasteiger partial charge in [0.05, 0.1) is 12.3 Å². The highest BCUT2D eigenvalue weighted by Gasteiger charge is 2.61. The number of benzene rings is 3. The fraction of sp³-hybridized carbons (Fsp3) is 0.312. The Labute approximate surface area is 260 Å². The summed E-state index contributed by atoms with van der Waals surface area (Å²) in [6.45, 7) is 0.664. The Kier molecular flexibility index (Phi) is 7.68. The number of amides is 2. The highest BCUT2D eigenvalue weighted by atomic mass is 35.5. The number of hydrogen-bond donors (Lipinski definition) is 2. The minimum absolute atomic E-state index is 0.0430. The van der Waals surface area contributed by atoms with E-state index in [1.165, 1.54) is 10.6 Å². The maximum Gasteiger partial charge on any atom is 0.238 e. The second kappa shape index (κ2) is 11.2. The minimum atomic E-state index is -3.31. The second-order valence-electron chi connectivity index (χ2n) is 11.2. The van der Waals surface area contributed by atoms with Gasteiger partial charge in [0.2, 0.25) is 21.8 Å². The van der Waals surface area contributed by atoms with Gasteiger partial charge in [-0.05, 0) is 66.4 Å². The molecule has 0 bridgehead atoms. The third-order valence-corrected chi connectivity index (χ3v) is 10.4. The van der Waals surface area contributed by atoms with Crippen LogP contribution in [0.1, 0.15) is 53.5 Å². The Hall–Kier alpha value is -3.55. The second-order valence-corrected chi connectivity index (χ2v) is 14.1. The molecule has 0 saturated carbocycles. The number of carbonyl (C=O) groups excluding carboxylic acids is 2. The van der Waals surface area contributed by atoms with Crippen molar-refractivity contribution in [3.8, 4) is 18.1 Å². The van der Waals surface area contributed by atoms with Crippen LogP contribution in [0, 0.1) is 12.3 Å². The van der Waals surface area contributed by atoms with E-state index in [2.05, 4.69) is 16.6 Å². The maximum atomic E-state index is 14.4. The topological polar surface area (TPSA) is 105 Å². The average Bonchev–Trinajstić information content (AvgIpc) is 3.25. The van der Waals surface area contributed by atoms with E-state index in [0.717, 1.165) is 5.56 Å². The zero-order valence-corrected chi connectivity index (χ0v) is 25.6. The van der Waals surface area contributed by atoms with Crippen molar-refractivity contribution in [1.29, 1.82) is 0 Å². The molecule has 222 valence electrons. The molecule has 3 atom stereocenters. The van der Waals surface area contributed by atoms with Crippen LogP contribution < -0.4 is 15.4 Å². The Morgan fingerprint density at radius 3 is 2.47 bits per heavy atom. The van der Waals surface area contributed by atoms with Crippen molar-refractivity contribution in [3.05, 3.63) is 93.0 Å². The number of fused-ring (bicyclic) bond motifs is 2. The molecule has 3 aliphatic heterocycles. The molecule has 11 heteroatoms. The van der Waals surface area contributed by atoms with Crippen LogP contribution in [0.25, 0.3) is 0 Å². The third kappa shape index (κ3) is 5.27. The summed E-state index contributed by atoms with van der Waals surface area (Å²) < 4.78 is 32.1. The fourth-order valence-electron chi connectivity index (χ4n) is 6.70. The smallest absolute Gasteiger partial charge is 0.238 e. The normalized spacial score (nSPS) is 24.2. The van der Waals surface area contributed by atoms with E-state index in [0.29, 0.717) is 64.1 Å². The first-order chi connectivity index (χ1) is 20.5. The first kappa shape index (κ1) is 29.5. The molecule has 6 rings (SSSR count). The summed E-state index contributed by atoms with van der Waals surface area (Å²) in [6, 6.07) is 16.9. The van der Waals surface area contributed by atoms with E-state index in [9.17, 15) is 18.0 Å². The predicted molar refractivity (Wildman–Crippen MR) is 166 cm³/mol. The van der Waals surface area contributed by atoms with Gasteiger partial charge in [-0.3, -0.25) is 9.59 Å². The van der Waals surface area contributed by atoms with Crippen molar-refractivity contribution in [1.82, 2.24) is 9.62 Å². The molecule has 0 aromatic heterocycles. The van der Waals surface area contributed by atoms with Crippen molar-refractivity contribution in [2.45, 2.75) is 42.7 Å². The number of ether oxygens (including phenoxy) is 1. The standard InChI is InChI=1S/C32H29Cl2N3O5S/c1-3-19-7-10-28(42-23-11-13-37(14-12-23)43(2,40)41)24(15-19)30-32(25-9-8-22(34)17-27(25)35-31(32)39)26(18-29(38)36-30)20-5-4-6-21(33)16-20/h1,4-10,15-17,23,26,30H,11-14,18H2,2H3,(H,35,39)(H,36,38). The predicted octanol–water partition coefficient (Wildman–Crippen LogP) is 5.01. The van der Waals surface area contributed by atoms with Crippen LogP contribution in [0.2, 0.25) is 10.0 Å². The number of anilines is 1. The zero-order chi connectivity index (χ0) is 30.5.